The number of halogens is 2. The van der Waals surface area contributed by atoms with Crippen molar-refractivity contribution < 1.29 is 33.0 Å². The van der Waals surface area contributed by atoms with Crippen LogP contribution in [-0.2, 0) is 14.3 Å². The summed E-state index contributed by atoms with van der Waals surface area (Å²) in [4.78, 5) is 50.7. The van der Waals surface area contributed by atoms with Crippen molar-refractivity contribution >= 4 is 41.0 Å². The number of imide groups is 1. The summed E-state index contributed by atoms with van der Waals surface area (Å²) in [5.74, 6) is -3.28. The highest BCUT2D eigenvalue weighted by molar-refractivity contribution is 6.31. The Morgan fingerprint density at radius 2 is 1.94 bits per heavy atom. The molecule has 8 nitrogen and oxygen atoms in total. The number of anilines is 1. The molecule has 2 aliphatic rings. The predicted octanol–water partition coefficient (Wildman–Crippen LogP) is 3.05. The molecule has 2 aliphatic heterocycles. The third-order valence-corrected chi connectivity index (χ3v) is 5.39. The van der Waals surface area contributed by atoms with Crippen LogP contribution in [0.4, 0.5) is 10.1 Å². The highest BCUT2D eigenvalue weighted by Crippen LogP contribution is 2.26. The van der Waals surface area contributed by atoms with Gasteiger partial charge >= 0.3 is 5.97 Å². The van der Waals surface area contributed by atoms with Crippen LogP contribution in [0.5, 0.6) is 0 Å². The minimum absolute atomic E-state index is 0.00519. The molecule has 3 amide bonds. The molecule has 4 rings (SSSR count). The lowest BCUT2D eigenvalue weighted by Gasteiger charge is -2.17. The number of hydrogen-bond acceptors (Lipinski definition) is 6. The Balaban J connectivity index is 1.39. The molecular formula is C22H18ClFN2O6. The number of nitrogens with zero attached hydrogens (tertiary/aromatic N) is 1. The standard InChI is InChI=1S/C22H18ClFN2O6/c23-13-4-6-17(24)18(9-13)25-19(27)11-32-22(30)12-3-5-15-16(8-12)21(29)26(20(15)28)10-14-2-1-7-31-14/h3-6,8-9,14H,1-2,7,10-11H2,(H,25,27). The molecule has 32 heavy (non-hydrogen) atoms. The topological polar surface area (TPSA) is 102 Å². The summed E-state index contributed by atoms with van der Waals surface area (Å²) < 4.78 is 24.1. The zero-order chi connectivity index (χ0) is 22.8. The largest absolute Gasteiger partial charge is 0.452 e. The van der Waals surface area contributed by atoms with Gasteiger partial charge in [-0.1, -0.05) is 11.6 Å². The Morgan fingerprint density at radius 3 is 2.69 bits per heavy atom. The van der Waals surface area contributed by atoms with Crippen molar-refractivity contribution in [1.29, 1.82) is 0 Å². The maximum Gasteiger partial charge on any atom is 0.338 e. The molecule has 0 spiro atoms. The second-order valence-electron chi connectivity index (χ2n) is 7.36. The molecule has 0 aromatic heterocycles. The minimum Gasteiger partial charge on any atom is -0.452 e. The van der Waals surface area contributed by atoms with E-state index in [1.807, 2.05) is 0 Å². The van der Waals surface area contributed by atoms with Crippen LogP contribution in [0.25, 0.3) is 0 Å². The van der Waals surface area contributed by atoms with E-state index in [1.54, 1.807) is 0 Å². The maximum atomic E-state index is 13.7. The van der Waals surface area contributed by atoms with Crippen LogP contribution >= 0.6 is 11.6 Å². The monoisotopic (exact) mass is 460 g/mol. The summed E-state index contributed by atoms with van der Waals surface area (Å²) in [5.41, 5.74) is 0.142. The molecular weight excluding hydrogens is 443 g/mol. The lowest BCUT2D eigenvalue weighted by molar-refractivity contribution is -0.119. The Morgan fingerprint density at radius 1 is 1.16 bits per heavy atom. The number of carbonyl (C=O) groups is 4. The van der Waals surface area contributed by atoms with E-state index in [1.165, 1.54) is 30.3 Å². The SMILES string of the molecule is O=C(COC(=O)c1ccc2c(c1)C(=O)N(CC1CCCO1)C2=O)Nc1cc(Cl)ccc1F. The van der Waals surface area contributed by atoms with Gasteiger partial charge in [0.15, 0.2) is 6.61 Å². The summed E-state index contributed by atoms with van der Waals surface area (Å²) in [6, 6.07) is 7.63. The van der Waals surface area contributed by atoms with Gasteiger partial charge in [-0.05, 0) is 49.2 Å². The number of fused-ring (bicyclic) bond motifs is 1. The number of ether oxygens (including phenoxy) is 2. The second-order valence-corrected chi connectivity index (χ2v) is 7.80. The number of nitrogens with one attached hydrogen (secondary N) is 1. The molecule has 1 saturated heterocycles. The van der Waals surface area contributed by atoms with Crippen molar-refractivity contribution in [2.45, 2.75) is 18.9 Å². The van der Waals surface area contributed by atoms with Gasteiger partial charge < -0.3 is 14.8 Å². The van der Waals surface area contributed by atoms with E-state index in [-0.39, 0.29) is 40.0 Å². The van der Waals surface area contributed by atoms with Gasteiger partial charge in [0.05, 0.1) is 35.0 Å². The first-order valence-corrected chi connectivity index (χ1v) is 10.2. The molecule has 1 atom stereocenters. The van der Waals surface area contributed by atoms with Crippen LogP contribution < -0.4 is 5.32 Å². The van der Waals surface area contributed by atoms with Crippen LogP contribution in [0.15, 0.2) is 36.4 Å². The van der Waals surface area contributed by atoms with Gasteiger partial charge in [0.25, 0.3) is 17.7 Å². The fraction of sp³-hybridized carbons (Fsp3) is 0.273. The van der Waals surface area contributed by atoms with Crippen LogP contribution in [0, 0.1) is 5.82 Å². The van der Waals surface area contributed by atoms with E-state index < -0.39 is 36.1 Å². The zero-order valence-electron chi connectivity index (χ0n) is 16.7. The average Bonchev–Trinajstić information content (AvgIpc) is 3.37. The molecule has 0 saturated carbocycles. The molecule has 2 heterocycles. The fourth-order valence-electron chi connectivity index (χ4n) is 3.57. The molecule has 10 heteroatoms. The summed E-state index contributed by atoms with van der Waals surface area (Å²) in [5, 5.41) is 2.49. The Kier molecular flexibility index (Phi) is 6.20. The molecule has 1 N–H and O–H groups in total. The molecule has 0 radical (unpaired) electrons. The maximum absolute atomic E-state index is 13.7. The van der Waals surface area contributed by atoms with Crippen molar-refractivity contribution in [2.75, 3.05) is 25.1 Å². The van der Waals surface area contributed by atoms with Crippen LogP contribution in [0.2, 0.25) is 5.02 Å². The molecule has 1 fully saturated rings. The lowest BCUT2D eigenvalue weighted by Crippen LogP contribution is -2.36. The number of hydrogen-bond donors (Lipinski definition) is 1. The quantitative estimate of drug-likeness (QED) is 0.525. The number of benzene rings is 2. The Bertz CT molecular complexity index is 1120. The number of esters is 1. The van der Waals surface area contributed by atoms with E-state index in [0.29, 0.717) is 6.61 Å². The lowest BCUT2D eigenvalue weighted by atomic mass is 10.1. The molecule has 1 unspecified atom stereocenters. The first kappa shape index (κ1) is 21.9. The molecule has 2 aromatic carbocycles. The highest BCUT2D eigenvalue weighted by Gasteiger charge is 2.38. The third-order valence-electron chi connectivity index (χ3n) is 5.15. The first-order valence-electron chi connectivity index (χ1n) is 9.87. The summed E-state index contributed by atoms with van der Waals surface area (Å²) in [6.45, 7) is 0.0770. The molecule has 0 aliphatic carbocycles. The van der Waals surface area contributed by atoms with E-state index in [2.05, 4.69) is 5.32 Å². The van der Waals surface area contributed by atoms with Gasteiger partial charge in [-0.2, -0.15) is 0 Å². The van der Waals surface area contributed by atoms with E-state index in [0.717, 1.165) is 23.8 Å². The van der Waals surface area contributed by atoms with Crippen LogP contribution in [-0.4, -0.2) is 54.5 Å². The van der Waals surface area contributed by atoms with Gasteiger partial charge in [-0.25, -0.2) is 9.18 Å². The number of amides is 3. The van der Waals surface area contributed by atoms with E-state index in [4.69, 9.17) is 21.1 Å². The van der Waals surface area contributed by atoms with Crippen molar-refractivity contribution in [3.05, 3.63) is 63.9 Å². The van der Waals surface area contributed by atoms with Gasteiger partial charge in [-0.3, -0.25) is 19.3 Å². The van der Waals surface area contributed by atoms with Crippen molar-refractivity contribution in [3.63, 3.8) is 0 Å². The van der Waals surface area contributed by atoms with Crippen molar-refractivity contribution in [2.24, 2.45) is 0 Å². The smallest absolute Gasteiger partial charge is 0.338 e. The predicted molar refractivity (Wildman–Crippen MR) is 111 cm³/mol. The van der Waals surface area contributed by atoms with Gasteiger partial charge in [0.1, 0.15) is 5.82 Å². The minimum atomic E-state index is -0.868. The van der Waals surface area contributed by atoms with E-state index in [9.17, 15) is 23.6 Å². The normalized spacial score (nSPS) is 17.4. The zero-order valence-corrected chi connectivity index (χ0v) is 17.5. The summed E-state index contributed by atoms with van der Waals surface area (Å²) >= 11 is 5.77. The number of rotatable bonds is 6. The second kappa shape index (κ2) is 9.05. The highest BCUT2D eigenvalue weighted by atomic mass is 35.5. The summed E-state index contributed by atoms with van der Waals surface area (Å²) in [7, 11) is 0. The van der Waals surface area contributed by atoms with Gasteiger partial charge in [0, 0.05) is 11.6 Å². The molecule has 0 bridgehead atoms. The van der Waals surface area contributed by atoms with Crippen LogP contribution in [0.3, 0.4) is 0 Å². The Labute approximate surface area is 187 Å². The Hall–Kier alpha value is -3.30. The molecule has 166 valence electrons. The van der Waals surface area contributed by atoms with Gasteiger partial charge in [-0.15, -0.1) is 0 Å². The fourth-order valence-corrected chi connectivity index (χ4v) is 3.74. The summed E-state index contributed by atoms with van der Waals surface area (Å²) in [6.07, 6.45) is 1.46. The van der Waals surface area contributed by atoms with Gasteiger partial charge in [0.2, 0.25) is 0 Å². The number of carbonyl (C=O) groups excluding carboxylic acids is 4. The molecule has 2 aromatic rings. The third kappa shape index (κ3) is 4.49. The van der Waals surface area contributed by atoms with Crippen molar-refractivity contribution in [1.82, 2.24) is 4.90 Å². The van der Waals surface area contributed by atoms with Crippen molar-refractivity contribution in [3.8, 4) is 0 Å². The van der Waals surface area contributed by atoms with Crippen LogP contribution in [0.1, 0.15) is 43.9 Å². The first-order chi connectivity index (χ1) is 15.3. The average molecular weight is 461 g/mol. The van der Waals surface area contributed by atoms with E-state index >= 15 is 0 Å².